The molecule has 0 aliphatic carbocycles. The van der Waals surface area contributed by atoms with E-state index in [0.717, 1.165) is 6.04 Å². The Morgan fingerprint density at radius 2 is 1.85 bits per heavy atom. The Morgan fingerprint density at radius 1 is 1.22 bits per heavy atom. The summed E-state index contributed by atoms with van der Waals surface area (Å²) in [5, 5.41) is 3.32. The Hall–Kier alpha value is -1.92. The summed E-state index contributed by atoms with van der Waals surface area (Å²) < 4.78 is 9.05. The summed E-state index contributed by atoms with van der Waals surface area (Å²) >= 11 is 4.64. The lowest BCUT2D eigenvalue weighted by atomic mass is 10.1. The van der Waals surface area contributed by atoms with E-state index in [1.54, 1.807) is 30.3 Å². The van der Waals surface area contributed by atoms with Gasteiger partial charge in [-0.25, -0.2) is 0 Å². The molecule has 0 spiro atoms. The van der Waals surface area contributed by atoms with Gasteiger partial charge in [0.25, 0.3) is 6.47 Å². The monoisotopic (exact) mass is 401 g/mol. The molecule has 1 aliphatic rings. The van der Waals surface area contributed by atoms with Gasteiger partial charge in [0, 0.05) is 18.0 Å². The van der Waals surface area contributed by atoms with Gasteiger partial charge in [0.05, 0.1) is 6.42 Å². The predicted octanol–water partition coefficient (Wildman–Crippen LogP) is 3.62. The third-order valence-electron chi connectivity index (χ3n) is 3.26. The van der Waals surface area contributed by atoms with Crippen molar-refractivity contribution in [2.24, 2.45) is 0 Å². The molecule has 1 aromatic carbocycles. The third kappa shape index (κ3) is 16.0. The molecule has 1 fully saturated rings. The molecule has 1 atom stereocenters. The average molecular weight is 402 g/mol. The Morgan fingerprint density at radius 3 is 2.30 bits per heavy atom. The number of nitrogens with one attached hydrogen (secondary N) is 1. The van der Waals surface area contributed by atoms with Gasteiger partial charge in [0.15, 0.2) is 12.4 Å². The van der Waals surface area contributed by atoms with E-state index < -0.39 is 5.97 Å². The highest BCUT2D eigenvalue weighted by Crippen LogP contribution is 2.01. The summed E-state index contributed by atoms with van der Waals surface area (Å²) in [6, 6.07) is 9.33. The normalized spacial score (nSPS) is 14.0. The average Bonchev–Trinajstić information content (AvgIpc) is 3.21. The Kier molecular flexibility index (Phi) is 20.6. The van der Waals surface area contributed by atoms with E-state index in [1.807, 2.05) is 13.8 Å². The molecule has 1 aliphatic heterocycles. The number of ketones is 1. The van der Waals surface area contributed by atoms with Gasteiger partial charge in [0.2, 0.25) is 0 Å². The molecule has 0 aromatic heterocycles. The van der Waals surface area contributed by atoms with Gasteiger partial charge in [0.1, 0.15) is 6.61 Å². The van der Waals surface area contributed by atoms with E-state index in [4.69, 9.17) is 4.74 Å². The number of hydrogen-bond acceptors (Lipinski definition) is 6. The molecule has 1 saturated heterocycles. The second kappa shape index (κ2) is 20.4. The van der Waals surface area contributed by atoms with Gasteiger partial charge in [-0.1, -0.05) is 44.2 Å². The number of carbonyl (C=O) groups is 3. The van der Waals surface area contributed by atoms with Crippen LogP contribution in [0.1, 0.15) is 50.4 Å². The molecule has 0 bridgehead atoms. The second-order valence-electron chi connectivity index (χ2n) is 5.16. The van der Waals surface area contributed by atoms with Crippen LogP contribution in [0.5, 0.6) is 0 Å². The number of alkyl halides is 1. The van der Waals surface area contributed by atoms with Crippen molar-refractivity contribution in [3.63, 3.8) is 0 Å². The quantitative estimate of drug-likeness (QED) is 0.247. The highest BCUT2D eigenvalue weighted by molar-refractivity contribution is 6.15. The van der Waals surface area contributed by atoms with Gasteiger partial charge < -0.3 is 14.8 Å². The molecule has 7 heteroatoms. The van der Waals surface area contributed by atoms with E-state index in [1.165, 1.54) is 25.8 Å². The van der Waals surface area contributed by atoms with Crippen LogP contribution in [0.25, 0.3) is 0 Å². The Labute approximate surface area is 167 Å². The van der Waals surface area contributed by atoms with Gasteiger partial charge >= 0.3 is 5.97 Å². The summed E-state index contributed by atoms with van der Waals surface area (Å²) in [5.41, 5.74) is 0.490. The minimum Gasteiger partial charge on any atom is -0.467 e. The van der Waals surface area contributed by atoms with Gasteiger partial charge in [-0.05, 0) is 26.3 Å². The molecule has 27 heavy (non-hydrogen) atoms. The van der Waals surface area contributed by atoms with E-state index >= 15 is 0 Å². The maximum Gasteiger partial charge on any atom is 0.309 e. The zero-order chi connectivity index (χ0) is 20.9. The largest absolute Gasteiger partial charge is 0.467 e. The zero-order valence-corrected chi connectivity index (χ0v) is 17.5. The first-order chi connectivity index (χ1) is 13.1. The van der Waals surface area contributed by atoms with Crippen LogP contribution in [0.4, 0.5) is 0 Å². The number of esters is 1. The lowest BCUT2D eigenvalue weighted by Crippen LogP contribution is -2.16. The molecule has 1 aromatic rings. The molecule has 6 nitrogen and oxygen atoms in total. The summed E-state index contributed by atoms with van der Waals surface area (Å²) in [6.07, 6.45) is 4.17. The first-order valence-corrected chi connectivity index (χ1v) is 9.79. The smallest absolute Gasteiger partial charge is 0.309 e. The fraction of sp³-hybridized carbons (Fsp3) is 0.550. The molecule has 1 unspecified atom stereocenters. The number of Topliss-reactive ketones (excluding diaryl/α,β-unsaturated/α-hetero) is 1. The number of carbonyl (C=O) groups excluding carboxylic acids is 3. The van der Waals surface area contributed by atoms with Crippen molar-refractivity contribution < 1.29 is 23.9 Å². The molecule has 0 amide bonds. The molecule has 1 heterocycles. The van der Waals surface area contributed by atoms with Gasteiger partial charge in [-0.2, -0.15) is 0 Å². The molecular weight excluding hydrogens is 370 g/mol. The maximum atomic E-state index is 11.5. The summed E-state index contributed by atoms with van der Waals surface area (Å²) in [6.45, 7) is 7.38. The molecule has 154 valence electrons. The molecule has 1 N–H and O–H groups in total. The number of ether oxygens (including phenoxy) is 2. The summed E-state index contributed by atoms with van der Waals surface area (Å²) in [5.74, 6) is -0.841. The number of benzene rings is 1. The lowest BCUT2D eigenvalue weighted by molar-refractivity contribution is -0.144. The fourth-order valence-corrected chi connectivity index (χ4v) is 1.97. The van der Waals surface area contributed by atoms with Crippen molar-refractivity contribution in [1.29, 1.82) is 0 Å². The van der Waals surface area contributed by atoms with Crippen molar-refractivity contribution in [2.45, 2.75) is 46.1 Å². The van der Waals surface area contributed by atoms with Crippen LogP contribution in [-0.2, 0) is 19.1 Å². The summed E-state index contributed by atoms with van der Waals surface area (Å²) in [7, 11) is 0. The van der Waals surface area contributed by atoms with Gasteiger partial charge in [-0.15, -0.1) is 11.6 Å². The molecule has 2 rings (SSSR count). The molecule has 0 saturated carbocycles. The zero-order valence-electron chi connectivity index (χ0n) is 16.7. The van der Waals surface area contributed by atoms with Crippen LogP contribution in [0.2, 0.25) is 0 Å². The fourth-order valence-electron chi connectivity index (χ4n) is 1.97. The van der Waals surface area contributed by atoms with Crippen molar-refractivity contribution in [3.05, 3.63) is 35.9 Å². The van der Waals surface area contributed by atoms with Crippen LogP contribution in [0.3, 0.4) is 0 Å². The van der Waals surface area contributed by atoms with Crippen molar-refractivity contribution in [2.75, 3.05) is 26.1 Å². The van der Waals surface area contributed by atoms with Crippen LogP contribution in [0, 0.1) is 0 Å². The van der Waals surface area contributed by atoms with E-state index in [9.17, 15) is 14.4 Å². The van der Waals surface area contributed by atoms with E-state index in [0.29, 0.717) is 5.56 Å². The highest BCUT2D eigenvalue weighted by atomic mass is 35.5. The standard InChI is InChI=1S/C12H12O5.C5H11N.C2H6.CH3Cl/c13-9-16-7-6-12(15)17-8-11(14)10-4-2-1-3-5-10;1-5-3-2-4-6-5;2*1-2/h1-5,9H,6-8H2;5-6H,2-4H2,1H3;1-2H3;1H3. The van der Waals surface area contributed by atoms with Crippen LogP contribution >= 0.6 is 11.6 Å². The third-order valence-corrected chi connectivity index (χ3v) is 3.26. The number of hydrogen-bond donors (Lipinski definition) is 1. The first-order valence-electron chi connectivity index (χ1n) is 9.03. The SMILES string of the molecule is CC.CC1CCCN1.CCl.O=COCCC(=O)OCC(=O)c1ccccc1. The maximum absolute atomic E-state index is 11.5. The second-order valence-corrected chi connectivity index (χ2v) is 5.16. The van der Waals surface area contributed by atoms with E-state index in [2.05, 4.69) is 28.6 Å². The number of rotatable bonds is 7. The van der Waals surface area contributed by atoms with Crippen LogP contribution < -0.4 is 5.32 Å². The van der Waals surface area contributed by atoms with Crippen molar-refractivity contribution in [1.82, 2.24) is 5.32 Å². The van der Waals surface area contributed by atoms with Crippen LogP contribution in [-0.4, -0.2) is 50.4 Å². The summed E-state index contributed by atoms with van der Waals surface area (Å²) in [4.78, 5) is 32.4. The Balaban J connectivity index is 0. The molecule has 0 radical (unpaired) electrons. The number of halogens is 1. The topological polar surface area (TPSA) is 81.7 Å². The van der Waals surface area contributed by atoms with Crippen molar-refractivity contribution in [3.8, 4) is 0 Å². The molecular formula is C20H32ClNO5. The lowest BCUT2D eigenvalue weighted by Gasteiger charge is -2.03. The van der Waals surface area contributed by atoms with Crippen molar-refractivity contribution >= 4 is 29.8 Å². The highest BCUT2D eigenvalue weighted by Gasteiger charge is 2.09. The predicted molar refractivity (Wildman–Crippen MR) is 108 cm³/mol. The van der Waals surface area contributed by atoms with E-state index in [-0.39, 0.29) is 31.9 Å². The first kappa shape index (κ1) is 27.3. The minimum absolute atomic E-state index is 0.0398. The van der Waals surface area contributed by atoms with Crippen LogP contribution in [0.15, 0.2) is 30.3 Å². The minimum atomic E-state index is -0.573. The Bertz CT molecular complexity index is 490. The van der Waals surface area contributed by atoms with Gasteiger partial charge in [-0.3, -0.25) is 14.4 Å².